The first-order valence-corrected chi connectivity index (χ1v) is 5.64. The molecule has 90 valence electrons. The van der Waals surface area contributed by atoms with Crippen LogP contribution in [0.5, 0.6) is 0 Å². The largest absolute Gasteiger partial charge is 0.407 e. The Morgan fingerprint density at radius 2 is 2.31 bits per heavy atom. The molecule has 0 radical (unpaired) electrons. The maximum atomic E-state index is 5.44. The Labute approximate surface area is 94.8 Å². The third kappa shape index (κ3) is 3.18. The lowest BCUT2D eigenvalue weighted by atomic mass is 10.3. The normalized spacial score (nSPS) is 20.6. The molecule has 1 aromatic heterocycles. The summed E-state index contributed by atoms with van der Waals surface area (Å²) in [7, 11) is 0. The van der Waals surface area contributed by atoms with Crippen molar-refractivity contribution in [1.29, 1.82) is 0 Å². The van der Waals surface area contributed by atoms with Crippen molar-refractivity contribution in [2.45, 2.75) is 38.9 Å². The molecule has 0 saturated carbocycles. The van der Waals surface area contributed by atoms with Crippen molar-refractivity contribution in [1.82, 2.24) is 15.5 Å². The van der Waals surface area contributed by atoms with Crippen LogP contribution in [0, 0.1) is 0 Å². The molecule has 1 atom stereocenters. The van der Waals surface area contributed by atoms with E-state index in [1.165, 1.54) is 0 Å². The number of anilines is 1. The van der Waals surface area contributed by atoms with E-state index >= 15 is 0 Å². The molecule has 2 heterocycles. The van der Waals surface area contributed by atoms with E-state index in [2.05, 4.69) is 34.7 Å². The molecule has 0 spiro atoms. The van der Waals surface area contributed by atoms with Crippen LogP contribution >= 0.6 is 0 Å². The van der Waals surface area contributed by atoms with Crippen LogP contribution in [-0.4, -0.2) is 35.5 Å². The third-order valence-electron chi connectivity index (χ3n) is 2.39. The monoisotopic (exact) mass is 226 g/mol. The number of aromatic nitrogens is 2. The highest BCUT2D eigenvalue weighted by molar-refractivity contribution is 5.19. The van der Waals surface area contributed by atoms with Gasteiger partial charge in [-0.25, -0.2) is 0 Å². The molecule has 0 amide bonds. The molecule has 2 rings (SSSR count). The van der Waals surface area contributed by atoms with E-state index in [9.17, 15) is 0 Å². The lowest BCUT2D eigenvalue weighted by molar-refractivity contribution is 0.195. The number of hydrogen-bond donors (Lipinski definition) is 2. The fourth-order valence-electron chi connectivity index (χ4n) is 1.50. The highest BCUT2D eigenvalue weighted by Crippen LogP contribution is 2.12. The van der Waals surface area contributed by atoms with Crippen LogP contribution in [0.1, 0.15) is 26.2 Å². The molecule has 1 aliphatic heterocycles. The average molecular weight is 226 g/mol. The summed E-state index contributed by atoms with van der Waals surface area (Å²) in [4.78, 5) is 0. The first-order valence-electron chi connectivity index (χ1n) is 5.64. The van der Waals surface area contributed by atoms with Crippen molar-refractivity contribution in [2.75, 3.05) is 18.5 Å². The minimum atomic E-state index is 0.298. The second kappa shape index (κ2) is 5.27. The van der Waals surface area contributed by atoms with Crippen LogP contribution < -0.4 is 10.6 Å². The van der Waals surface area contributed by atoms with Gasteiger partial charge in [0, 0.05) is 12.6 Å². The lowest BCUT2D eigenvalue weighted by Gasteiger charge is -2.06. The van der Waals surface area contributed by atoms with Gasteiger partial charge >= 0.3 is 6.01 Å². The minimum absolute atomic E-state index is 0.298. The SMILES string of the molecule is CC(C)NCc1nnc(NC2CCOC2)o1. The fourth-order valence-corrected chi connectivity index (χ4v) is 1.50. The van der Waals surface area contributed by atoms with Crippen LogP contribution in [0.15, 0.2) is 4.42 Å². The number of ether oxygens (including phenoxy) is 1. The quantitative estimate of drug-likeness (QED) is 0.772. The Morgan fingerprint density at radius 3 is 3.00 bits per heavy atom. The third-order valence-corrected chi connectivity index (χ3v) is 2.39. The topological polar surface area (TPSA) is 72.2 Å². The molecule has 6 nitrogen and oxygen atoms in total. The lowest BCUT2D eigenvalue weighted by Crippen LogP contribution is -2.22. The molecular formula is C10H18N4O2. The Kier molecular flexibility index (Phi) is 3.74. The molecule has 0 aliphatic carbocycles. The van der Waals surface area contributed by atoms with E-state index in [0.717, 1.165) is 13.0 Å². The van der Waals surface area contributed by atoms with Gasteiger partial charge in [0.15, 0.2) is 0 Å². The van der Waals surface area contributed by atoms with E-state index < -0.39 is 0 Å². The van der Waals surface area contributed by atoms with Crippen LogP contribution in [0.2, 0.25) is 0 Å². The van der Waals surface area contributed by atoms with Crippen LogP contribution in [0.25, 0.3) is 0 Å². The van der Waals surface area contributed by atoms with E-state index in [1.54, 1.807) is 0 Å². The summed E-state index contributed by atoms with van der Waals surface area (Å²) < 4.78 is 10.7. The molecule has 1 fully saturated rings. The predicted octanol–water partition coefficient (Wildman–Crippen LogP) is 0.768. The van der Waals surface area contributed by atoms with Crippen LogP contribution in [0.3, 0.4) is 0 Å². The van der Waals surface area contributed by atoms with Crippen LogP contribution in [0.4, 0.5) is 6.01 Å². The van der Waals surface area contributed by atoms with E-state index in [-0.39, 0.29) is 0 Å². The summed E-state index contributed by atoms with van der Waals surface area (Å²) in [6, 6.07) is 1.19. The van der Waals surface area contributed by atoms with Gasteiger partial charge in [0.25, 0.3) is 0 Å². The maximum absolute atomic E-state index is 5.44. The summed E-state index contributed by atoms with van der Waals surface area (Å²) >= 11 is 0. The number of nitrogens with one attached hydrogen (secondary N) is 2. The molecule has 1 unspecified atom stereocenters. The molecule has 0 bridgehead atoms. The van der Waals surface area contributed by atoms with Gasteiger partial charge in [0.1, 0.15) is 0 Å². The molecular weight excluding hydrogens is 208 g/mol. The summed E-state index contributed by atoms with van der Waals surface area (Å²) in [6.07, 6.45) is 0.988. The molecule has 16 heavy (non-hydrogen) atoms. The first kappa shape index (κ1) is 11.3. The maximum Gasteiger partial charge on any atom is 0.315 e. The molecule has 2 N–H and O–H groups in total. The zero-order valence-electron chi connectivity index (χ0n) is 9.69. The number of hydrogen-bond acceptors (Lipinski definition) is 6. The predicted molar refractivity (Wildman–Crippen MR) is 59.1 cm³/mol. The number of rotatable bonds is 5. The highest BCUT2D eigenvalue weighted by Gasteiger charge is 2.17. The van der Waals surface area contributed by atoms with Crippen molar-refractivity contribution >= 4 is 6.01 Å². The summed E-state index contributed by atoms with van der Waals surface area (Å²) in [6.45, 7) is 6.26. The second-order valence-electron chi connectivity index (χ2n) is 4.24. The van der Waals surface area contributed by atoms with Crippen molar-refractivity contribution < 1.29 is 9.15 Å². The zero-order chi connectivity index (χ0) is 11.4. The number of nitrogens with zero attached hydrogens (tertiary/aromatic N) is 2. The fraction of sp³-hybridized carbons (Fsp3) is 0.800. The summed E-state index contributed by atoms with van der Waals surface area (Å²) in [5.41, 5.74) is 0. The Balaban J connectivity index is 1.81. The highest BCUT2D eigenvalue weighted by atomic mass is 16.5. The molecule has 1 aliphatic rings. The van der Waals surface area contributed by atoms with Gasteiger partial charge in [-0.1, -0.05) is 18.9 Å². The van der Waals surface area contributed by atoms with Gasteiger partial charge < -0.3 is 19.8 Å². The smallest absolute Gasteiger partial charge is 0.315 e. The van der Waals surface area contributed by atoms with Gasteiger partial charge in [-0.15, -0.1) is 5.10 Å². The van der Waals surface area contributed by atoms with Gasteiger partial charge in [-0.05, 0) is 6.42 Å². The molecule has 1 aromatic rings. The van der Waals surface area contributed by atoms with Crippen LogP contribution in [-0.2, 0) is 11.3 Å². The molecule has 0 aromatic carbocycles. The Hall–Kier alpha value is -1.14. The standard InChI is InChI=1S/C10H18N4O2/c1-7(2)11-5-9-13-14-10(16-9)12-8-3-4-15-6-8/h7-8,11H,3-6H2,1-2H3,(H,12,14). The first-order chi connectivity index (χ1) is 7.74. The Bertz CT molecular complexity index is 320. The summed E-state index contributed by atoms with van der Waals surface area (Å²) in [5, 5.41) is 14.3. The van der Waals surface area contributed by atoms with Crippen molar-refractivity contribution in [2.24, 2.45) is 0 Å². The zero-order valence-corrected chi connectivity index (χ0v) is 9.69. The van der Waals surface area contributed by atoms with Gasteiger partial charge in [0.2, 0.25) is 5.89 Å². The van der Waals surface area contributed by atoms with E-state index in [1.807, 2.05) is 0 Å². The van der Waals surface area contributed by atoms with E-state index in [4.69, 9.17) is 9.15 Å². The van der Waals surface area contributed by atoms with Crippen molar-refractivity contribution in [3.63, 3.8) is 0 Å². The molecule has 1 saturated heterocycles. The van der Waals surface area contributed by atoms with E-state index in [0.29, 0.717) is 37.1 Å². The summed E-state index contributed by atoms with van der Waals surface area (Å²) in [5.74, 6) is 0.607. The second-order valence-corrected chi connectivity index (χ2v) is 4.24. The van der Waals surface area contributed by atoms with Gasteiger partial charge in [-0.2, -0.15) is 0 Å². The van der Waals surface area contributed by atoms with Gasteiger partial charge in [-0.3, -0.25) is 0 Å². The average Bonchev–Trinajstić information content (AvgIpc) is 2.87. The molecule has 6 heteroatoms. The minimum Gasteiger partial charge on any atom is -0.407 e. The van der Waals surface area contributed by atoms with Crippen molar-refractivity contribution in [3.05, 3.63) is 5.89 Å². The van der Waals surface area contributed by atoms with Crippen molar-refractivity contribution in [3.8, 4) is 0 Å². The Morgan fingerprint density at radius 1 is 1.44 bits per heavy atom. The van der Waals surface area contributed by atoms with Gasteiger partial charge in [0.05, 0.1) is 19.2 Å².